The van der Waals surface area contributed by atoms with E-state index in [4.69, 9.17) is 30.6 Å². The summed E-state index contributed by atoms with van der Waals surface area (Å²) in [6, 6.07) is 5.76. The highest BCUT2D eigenvalue weighted by Gasteiger charge is 2.34. The molecule has 0 saturated carbocycles. The van der Waals surface area contributed by atoms with E-state index in [0.29, 0.717) is 53.7 Å². The van der Waals surface area contributed by atoms with Gasteiger partial charge in [0, 0.05) is 67.8 Å². The van der Waals surface area contributed by atoms with Gasteiger partial charge >= 0.3 is 18.2 Å². The van der Waals surface area contributed by atoms with Gasteiger partial charge in [-0.05, 0) is 131 Å². The van der Waals surface area contributed by atoms with Gasteiger partial charge in [-0.2, -0.15) is 10.6 Å². The van der Waals surface area contributed by atoms with Crippen LogP contribution < -0.4 is 22.2 Å². The molecule has 8 rings (SSSR count). The van der Waals surface area contributed by atoms with Crippen molar-refractivity contribution in [2.75, 3.05) is 32.5 Å². The monoisotopic (exact) mass is 1110 g/mol. The number of anilines is 1. The van der Waals surface area contributed by atoms with Gasteiger partial charge in [-0.1, -0.05) is 18.5 Å². The predicted molar refractivity (Wildman–Crippen MR) is 291 cm³/mol. The Hall–Kier alpha value is -7.55. The van der Waals surface area contributed by atoms with Crippen molar-refractivity contribution in [3.63, 3.8) is 0 Å². The second-order valence-electron chi connectivity index (χ2n) is 20.2. The number of nitrogen functional groups attached to an aromatic ring is 1. The number of amides is 2. The van der Waals surface area contributed by atoms with E-state index < -0.39 is 29.1 Å². The van der Waals surface area contributed by atoms with Crippen LogP contribution in [0, 0.1) is 25.3 Å². The number of esters is 1. The van der Waals surface area contributed by atoms with Crippen LogP contribution in [0.3, 0.4) is 0 Å². The zero-order valence-electron chi connectivity index (χ0n) is 45.7. The topological polar surface area (TPSA) is 368 Å². The van der Waals surface area contributed by atoms with Crippen molar-refractivity contribution in [2.24, 2.45) is 21.0 Å². The molecule has 5 aromatic rings. The van der Waals surface area contributed by atoms with Crippen molar-refractivity contribution >= 4 is 59.3 Å². The number of nitrogens with zero attached hydrogens (tertiary/aromatic N) is 10. The summed E-state index contributed by atoms with van der Waals surface area (Å²) in [5.41, 5.74) is 15.6. The Balaban J connectivity index is 0.000000350. The quantitative estimate of drug-likeness (QED) is 0.0209. The number of aromatic amines is 3. The molecule has 28 heteroatoms. The van der Waals surface area contributed by atoms with Crippen LogP contribution in [-0.4, -0.2) is 123 Å². The van der Waals surface area contributed by atoms with Crippen LogP contribution in [-0.2, 0) is 28.6 Å². The first-order valence-corrected chi connectivity index (χ1v) is 25.4. The molecule has 8 N–H and O–H groups in total. The van der Waals surface area contributed by atoms with E-state index in [0.717, 1.165) is 75.5 Å². The van der Waals surface area contributed by atoms with E-state index in [-0.39, 0.29) is 42.8 Å². The molecule has 0 radical (unpaired) electrons. The van der Waals surface area contributed by atoms with Gasteiger partial charge < -0.3 is 35.2 Å². The molecule has 0 aromatic carbocycles. The second kappa shape index (κ2) is 31.6. The fourth-order valence-electron chi connectivity index (χ4n) is 7.97. The third-order valence-corrected chi connectivity index (χ3v) is 11.6. The Morgan fingerprint density at radius 3 is 1.64 bits per heavy atom. The third-order valence-electron chi connectivity index (χ3n) is 11.5. The minimum atomic E-state index is -0.833. The van der Waals surface area contributed by atoms with Gasteiger partial charge in [0.2, 0.25) is 0 Å². The molecule has 3 aliphatic rings. The molecule has 1 unspecified atom stereocenters. The Kier molecular flexibility index (Phi) is 27.0. The zero-order chi connectivity index (χ0) is 57.6. The molecular formula is C50H79ClN16O11. The van der Waals surface area contributed by atoms with Crippen molar-refractivity contribution in [3.05, 3.63) is 79.5 Å². The van der Waals surface area contributed by atoms with Crippen LogP contribution in [0.2, 0.25) is 0 Å². The minimum absolute atomic E-state index is 0. The number of carbonyl (C=O) groups is 5. The number of methoxy groups -OCH3 is 1. The van der Waals surface area contributed by atoms with Gasteiger partial charge in [0.15, 0.2) is 11.3 Å². The van der Waals surface area contributed by atoms with Crippen LogP contribution in [0.1, 0.15) is 167 Å². The summed E-state index contributed by atoms with van der Waals surface area (Å²) >= 11 is 4.55. The lowest BCUT2D eigenvalue weighted by atomic mass is 10.00. The first-order valence-electron chi connectivity index (χ1n) is 25.0. The van der Waals surface area contributed by atoms with E-state index in [2.05, 4.69) is 67.3 Å². The number of carbonyl (C=O) groups excluding carboxylic acids is 4. The summed E-state index contributed by atoms with van der Waals surface area (Å²) in [5.74, 6) is -1.50. The van der Waals surface area contributed by atoms with Crippen molar-refractivity contribution in [1.29, 1.82) is 5.53 Å². The lowest BCUT2D eigenvalue weighted by Gasteiger charge is -2.36. The Bertz CT molecular complexity index is 2870. The molecule has 0 aliphatic carbocycles. The molecule has 432 valence electrons. The molecule has 4 atom stereocenters. The number of likely N-dealkylation sites (tertiary alicyclic amines) is 2. The highest BCUT2D eigenvalue weighted by atomic mass is 35.5. The summed E-state index contributed by atoms with van der Waals surface area (Å²) < 4.78 is 20.8. The molecular weight excluding hydrogens is 1040 g/mol. The van der Waals surface area contributed by atoms with E-state index >= 15 is 0 Å². The number of rotatable bonds is 6. The third kappa shape index (κ3) is 21.1. The zero-order valence-corrected chi connectivity index (χ0v) is 46.5. The highest BCUT2D eigenvalue weighted by molar-refractivity contribution is 6.13. The summed E-state index contributed by atoms with van der Waals surface area (Å²) in [7, 11) is 1.25. The van der Waals surface area contributed by atoms with Crippen molar-refractivity contribution in [3.8, 4) is 0 Å². The van der Waals surface area contributed by atoms with Gasteiger partial charge in [0.05, 0.1) is 48.1 Å². The summed E-state index contributed by atoms with van der Waals surface area (Å²) in [5, 5.41) is 29.1. The van der Waals surface area contributed by atoms with Gasteiger partial charge in [0.1, 0.15) is 29.2 Å². The van der Waals surface area contributed by atoms with Gasteiger partial charge in [-0.25, -0.2) is 28.6 Å². The fraction of sp³-hybridized carbons (Fsp3) is 0.600. The predicted octanol–water partition coefficient (Wildman–Crippen LogP) is 8.65. The number of nitrogens with two attached hydrogens (primary N) is 1. The number of H-pyrrole nitrogens is 3. The number of carboxylic acid groups (broad SMARTS) is 1. The van der Waals surface area contributed by atoms with E-state index in [1.807, 2.05) is 53.7 Å². The molecule has 78 heavy (non-hydrogen) atoms. The summed E-state index contributed by atoms with van der Waals surface area (Å²) in [6.07, 6.45) is 12.5. The Morgan fingerprint density at radius 2 is 1.27 bits per heavy atom. The van der Waals surface area contributed by atoms with E-state index in [9.17, 15) is 28.8 Å². The van der Waals surface area contributed by atoms with Crippen LogP contribution >= 0.6 is 11.8 Å². The molecule has 3 aliphatic heterocycles. The van der Waals surface area contributed by atoms with E-state index in [1.165, 1.54) is 35.9 Å². The minimum Gasteiger partial charge on any atom is -0.481 e. The van der Waals surface area contributed by atoms with Gasteiger partial charge in [-0.3, -0.25) is 44.3 Å². The fourth-order valence-corrected chi connectivity index (χ4v) is 8.00. The molecule has 0 spiro atoms. The molecule has 0 bridgehead atoms. The molecule has 5 aromatic heterocycles. The molecule has 27 nitrogen and oxygen atoms in total. The van der Waals surface area contributed by atoms with E-state index in [1.54, 1.807) is 42.1 Å². The second-order valence-corrected chi connectivity index (χ2v) is 20.3. The van der Waals surface area contributed by atoms with Crippen LogP contribution in [0.4, 0.5) is 15.4 Å². The lowest BCUT2D eigenvalue weighted by Crippen LogP contribution is -2.42. The largest absolute Gasteiger partial charge is 0.481 e. The number of aliphatic carboxylic acids is 1. The van der Waals surface area contributed by atoms with Crippen molar-refractivity contribution < 1.29 is 43.3 Å². The number of hydrogen-bond donors (Lipinski definition) is 7. The number of fused-ring (bicyclic) bond motifs is 2. The highest BCUT2D eigenvalue weighted by Crippen LogP contribution is 2.33. The molecule has 3 fully saturated rings. The van der Waals surface area contributed by atoms with Crippen LogP contribution in [0.5, 0.6) is 0 Å². The van der Waals surface area contributed by atoms with Crippen LogP contribution in [0.25, 0.3) is 11.3 Å². The Labute approximate surface area is 458 Å². The van der Waals surface area contributed by atoms with Crippen LogP contribution in [0.15, 0.2) is 55.3 Å². The standard InChI is InChI=1S/C17H24N4O3.C13H22N4O2.C12H16N4O.C5H8O3.C2H4O2.CH4.ClHN4/c1-11-10-18-14-9-12(19-21(14)15(11)22)13-7-5-6-8-20(13)16(23)24-17(2,3)4;1-13(2,3)19-12(18)17-7-5-4-6-10(17)9-8-11(14)16-15-9;1-8-7-14-11-6-10(15-16(11)12(8)17)9-4-2-3-5-13-9;1-4(3-6)5(7)8-2;1-2(3)4;;1-3-5-4-2/h9-10,13,19H,5-8H2,1-4H3;8,10H,4-7H2,1-3H3,(H3,14,15,16);6-7,9,13,15H,2-5H2,1H3;3-4H,1-2H3;1H3,(H,3,4);1H4;2H/t13-;10-;9-;;;;/m000..../s1. The average molecular weight is 1120 g/mol. The van der Waals surface area contributed by atoms with Crippen molar-refractivity contribution in [2.45, 2.75) is 164 Å². The number of carboxylic acids is 1. The number of aromatic nitrogens is 8. The Morgan fingerprint density at radius 1 is 0.808 bits per heavy atom. The van der Waals surface area contributed by atoms with Crippen molar-refractivity contribution in [1.82, 2.24) is 54.5 Å². The summed E-state index contributed by atoms with van der Waals surface area (Å²) in [4.78, 5) is 90.0. The number of nitrogens with one attached hydrogen (secondary N) is 5. The maximum absolute atomic E-state index is 12.5. The molecule has 2 amide bonds. The molecule has 8 heterocycles. The lowest BCUT2D eigenvalue weighted by molar-refractivity contribution is -0.146. The van der Waals surface area contributed by atoms with Gasteiger partial charge in [-0.15, -0.1) is 0 Å². The number of hydrogen-bond acceptors (Lipinski definition) is 17. The maximum Gasteiger partial charge on any atom is 0.410 e. The molecule has 3 saturated heterocycles. The summed E-state index contributed by atoms with van der Waals surface area (Å²) in [6.45, 7) is 19.7. The number of ether oxygens (including phenoxy) is 3. The van der Waals surface area contributed by atoms with Gasteiger partial charge in [0.25, 0.3) is 17.1 Å². The first kappa shape index (κ1) is 66.6. The number of piperidine rings is 3. The number of aryl methyl sites for hydroxylation is 2. The first-order chi connectivity index (χ1) is 36.2. The normalized spacial score (nSPS) is 17.5. The number of halogens is 1. The SMILES string of the molecule is C.CC(=O)O.CC(C)(C)OC(=O)N1CCCC[C@H]1c1cc(N)n[nH]1.COC(=O)C(C)C=O.Cc1cnc2cc([C@@H]3CCCCN3)[nH]n2c1=O.Cc1cnc2cc([C@@H]3CCCCN3C(=O)OC(C)(C)C)[nH]n2c1=O.N=NN=NCl. The smallest absolute Gasteiger partial charge is 0.410 e. The number of aldehydes is 1. The average Bonchev–Trinajstić information content (AvgIpc) is 4.16. The maximum atomic E-state index is 12.5.